The van der Waals surface area contributed by atoms with Crippen LogP contribution in [-0.4, -0.2) is 53.6 Å². The predicted octanol–water partition coefficient (Wildman–Crippen LogP) is 7.56. The molecule has 1 fully saturated rings. The second-order valence-corrected chi connectivity index (χ2v) is 12.4. The summed E-state index contributed by atoms with van der Waals surface area (Å²) in [6.45, 7) is 11.1. The van der Waals surface area contributed by atoms with E-state index in [4.69, 9.17) is 9.47 Å². The molecule has 0 N–H and O–H groups in total. The lowest BCUT2D eigenvalue weighted by Gasteiger charge is -2.34. The van der Waals surface area contributed by atoms with Crippen LogP contribution in [0.5, 0.6) is 5.75 Å². The molecular formula is C36H42N2O4. The minimum Gasteiger partial charge on any atom is -0.497 e. The fraction of sp³-hybridized carbons (Fsp3) is 0.389. The minimum absolute atomic E-state index is 0.00782. The maximum atomic E-state index is 14.5. The van der Waals surface area contributed by atoms with Crippen molar-refractivity contribution in [3.63, 3.8) is 0 Å². The first-order chi connectivity index (χ1) is 20.0. The van der Waals surface area contributed by atoms with Gasteiger partial charge >= 0.3 is 6.09 Å². The highest BCUT2D eigenvalue weighted by Crippen LogP contribution is 2.36. The molecule has 0 saturated heterocycles. The molecular weight excluding hydrogens is 524 g/mol. The molecule has 3 aromatic rings. The molecule has 0 atom stereocenters. The van der Waals surface area contributed by atoms with Crippen molar-refractivity contribution in [3.05, 3.63) is 94.6 Å². The maximum Gasteiger partial charge on any atom is 0.410 e. The van der Waals surface area contributed by atoms with Gasteiger partial charge < -0.3 is 19.3 Å². The first-order valence-electron chi connectivity index (χ1n) is 14.8. The Labute approximate surface area is 249 Å². The van der Waals surface area contributed by atoms with Crippen LogP contribution < -0.4 is 4.74 Å². The van der Waals surface area contributed by atoms with Crippen LogP contribution >= 0.6 is 0 Å². The molecule has 0 spiro atoms. The molecule has 0 bridgehead atoms. The largest absolute Gasteiger partial charge is 0.497 e. The molecule has 2 amide bonds. The second kappa shape index (κ2) is 12.0. The molecule has 1 heterocycles. The molecule has 1 aliphatic heterocycles. The topological polar surface area (TPSA) is 59.1 Å². The number of methoxy groups -OCH3 is 1. The lowest BCUT2D eigenvalue weighted by Crippen LogP contribution is -2.44. The number of amides is 2. The summed E-state index contributed by atoms with van der Waals surface area (Å²) in [7, 11) is 1.67. The number of benzene rings is 3. The van der Waals surface area contributed by atoms with Crippen LogP contribution in [0.2, 0.25) is 0 Å². The van der Waals surface area contributed by atoms with Crippen molar-refractivity contribution in [3.8, 4) is 16.9 Å². The maximum absolute atomic E-state index is 14.5. The minimum atomic E-state index is -0.612. The third-order valence-corrected chi connectivity index (χ3v) is 8.17. The monoisotopic (exact) mass is 566 g/mol. The third-order valence-electron chi connectivity index (χ3n) is 8.17. The molecule has 1 saturated carbocycles. The molecule has 0 unspecified atom stereocenters. The van der Waals surface area contributed by atoms with E-state index in [2.05, 4.69) is 56.3 Å². The van der Waals surface area contributed by atoms with Gasteiger partial charge in [-0.05, 0) is 111 Å². The zero-order valence-electron chi connectivity index (χ0n) is 25.7. The van der Waals surface area contributed by atoms with Gasteiger partial charge in [-0.3, -0.25) is 4.79 Å². The number of rotatable bonds is 7. The molecule has 1 aliphatic carbocycles. The zero-order valence-corrected chi connectivity index (χ0v) is 25.7. The van der Waals surface area contributed by atoms with Gasteiger partial charge in [-0.15, -0.1) is 0 Å². The van der Waals surface area contributed by atoms with Gasteiger partial charge in [-0.25, -0.2) is 4.79 Å². The number of carbonyl (C=O) groups excluding carboxylic acids is 2. The van der Waals surface area contributed by atoms with Gasteiger partial charge in [0.05, 0.1) is 13.7 Å². The van der Waals surface area contributed by atoms with E-state index in [-0.39, 0.29) is 24.6 Å². The summed E-state index contributed by atoms with van der Waals surface area (Å²) in [6.07, 6.45) is 2.19. The van der Waals surface area contributed by atoms with E-state index in [1.54, 1.807) is 12.0 Å². The Morgan fingerprint density at radius 3 is 2.29 bits per heavy atom. The third kappa shape index (κ3) is 6.70. The van der Waals surface area contributed by atoms with E-state index < -0.39 is 5.60 Å². The molecule has 3 aromatic carbocycles. The lowest BCUT2D eigenvalue weighted by atomic mass is 9.90. The van der Waals surface area contributed by atoms with Crippen molar-refractivity contribution in [1.82, 2.24) is 9.80 Å². The van der Waals surface area contributed by atoms with Crippen LogP contribution in [0.4, 0.5) is 4.79 Å². The average Bonchev–Trinajstić information content (AvgIpc) is 3.82. The van der Waals surface area contributed by atoms with Crippen molar-refractivity contribution in [2.75, 3.05) is 20.2 Å². The number of carbonyl (C=O) groups is 2. The Hall–Kier alpha value is -4.06. The first-order valence-corrected chi connectivity index (χ1v) is 14.8. The molecule has 0 aromatic heterocycles. The van der Waals surface area contributed by atoms with E-state index in [1.165, 1.54) is 11.1 Å². The van der Waals surface area contributed by atoms with E-state index in [0.717, 1.165) is 46.4 Å². The first kappa shape index (κ1) is 29.4. The molecule has 6 heteroatoms. The zero-order chi connectivity index (χ0) is 30.0. The molecule has 6 nitrogen and oxygen atoms in total. The molecule has 220 valence electrons. The summed E-state index contributed by atoms with van der Waals surface area (Å²) < 4.78 is 11.2. The Kier molecular flexibility index (Phi) is 8.44. The Morgan fingerprint density at radius 1 is 0.929 bits per heavy atom. The van der Waals surface area contributed by atoms with Crippen molar-refractivity contribution < 1.29 is 19.1 Å². The molecule has 0 radical (unpaired) electrons. The van der Waals surface area contributed by atoms with Crippen LogP contribution in [0, 0.1) is 13.8 Å². The molecule has 2 aliphatic rings. The highest BCUT2D eigenvalue weighted by Gasteiger charge is 2.38. The van der Waals surface area contributed by atoms with Gasteiger partial charge in [0.25, 0.3) is 5.91 Å². The number of hydrogen-bond donors (Lipinski definition) is 0. The summed E-state index contributed by atoms with van der Waals surface area (Å²) in [6, 6.07) is 22.8. The van der Waals surface area contributed by atoms with Gasteiger partial charge in [0.1, 0.15) is 11.4 Å². The number of nitrogens with zero attached hydrogens (tertiary/aromatic N) is 2. The van der Waals surface area contributed by atoms with Gasteiger partial charge in [-0.1, -0.05) is 48.5 Å². The predicted molar refractivity (Wildman–Crippen MR) is 167 cm³/mol. The second-order valence-electron chi connectivity index (χ2n) is 12.4. The van der Waals surface area contributed by atoms with Gasteiger partial charge in [-0.2, -0.15) is 0 Å². The molecule has 42 heavy (non-hydrogen) atoms. The summed E-state index contributed by atoms with van der Waals surface area (Å²) in [5.74, 6) is 0.804. The smallest absolute Gasteiger partial charge is 0.410 e. The van der Waals surface area contributed by atoms with Crippen LogP contribution in [0.25, 0.3) is 16.7 Å². The highest BCUT2D eigenvalue weighted by molar-refractivity contribution is 6.03. The van der Waals surface area contributed by atoms with E-state index >= 15 is 0 Å². The van der Waals surface area contributed by atoms with Crippen LogP contribution in [0.3, 0.4) is 0 Å². The summed E-state index contributed by atoms with van der Waals surface area (Å²) in [5, 5.41) is 0. The highest BCUT2D eigenvalue weighted by atomic mass is 16.6. The summed E-state index contributed by atoms with van der Waals surface area (Å²) in [4.78, 5) is 31.4. The van der Waals surface area contributed by atoms with Crippen LogP contribution in [0.1, 0.15) is 62.3 Å². The number of aryl methyl sites for hydroxylation is 1. The van der Waals surface area contributed by atoms with E-state index in [9.17, 15) is 9.59 Å². The normalized spacial score (nSPS) is 15.4. The van der Waals surface area contributed by atoms with Gasteiger partial charge in [0.15, 0.2) is 0 Å². The Balaban J connectivity index is 1.54. The Bertz CT molecular complexity index is 1510. The van der Waals surface area contributed by atoms with Gasteiger partial charge in [0, 0.05) is 24.7 Å². The van der Waals surface area contributed by atoms with Crippen molar-refractivity contribution in [1.29, 1.82) is 0 Å². The SMILES string of the molecule is COc1cccc(-c2cccc(C3=C(C(=O)N(Cc4cccc(C)c4C)C4CC4)CN(C(=O)OC(C)(C)C)CC3)c2)c1. The lowest BCUT2D eigenvalue weighted by molar-refractivity contribution is -0.128. The molecule has 5 rings (SSSR count). The fourth-order valence-electron chi connectivity index (χ4n) is 5.54. The quantitative estimate of drug-likeness (QED) is 0.296. The van der Waals surface area contributed by atoms with Gasteiger partial charge in [0.2, 0.25) is 0 Å². The standard InChI is InChI=1S/C36H42N2O4/c1-24-10-7-14-29(25(24)2)22-38(30-16-17-30)34(39)33-23-37(35(40)42-36(3,4)5)19-18-32(33)28-13-8-11-26(20-28)27-12-9-15-31(21-27)41-6/h7-15,20-21,30H,16-19,22-23H2,1-6H3. The number of ether oxygens (including phenoxy) is 2. The average molecular weight is 567 g/mol. The van der Waals surface area contributed by atoms with Crippen LogP contribution in [-0.2, 0) is 16.1 Å². The van der Waals surface area contributed by atoms with Crippen LogP contribution in [0.15, 0.2) is 72.3 Å². The summed E-state index contributed by atoms with van der Waals surface area (Å²) >= 11 is 0. The van der Waals surface area contributed by atoms with E-state index in [0.29, 0.717) is 25.1 Å². The van der Waals surface area contributed by atoms with Crippen molar-refractivity contribution >= 4 is 17.6 Å². The summed E-state index contributed by atoms with van der Waals surface area (Å²) in [5.41, 5.74) is 7.76. The van der Waals surface area contributed by atoms with E-state index in [1.807, 2.05) is 49.9 Å². The van der Waals surface area contributed by atoms with Crippen molar-refractivity contribution in [2.24, 2.45) is 0 Å². The Morgan fingerprint density at radius 2 is 1.60 bits per heavy atom. The fourth-order valence-corrected chi connectivity index (χ4v) is 5.54. The van der Waals surface area contributed by atoms with Crippen molar-refractivity contribution in [2.45, 2.75) is 72.1 Å². The number of hydrogen-bond acceptors (Lipinski definition) is 4.